The summed E-state index contributed by atoms with van der Waals surface area (Å²) in [5.41, 5.74) is 1.61. The lowest BCUT2D eigenvalue weighted by Gasteiger charge is -2.13. The number of hydrogen-bond acceptors (Lipinski definition) is 4. The predicted octanol–water partition coefficient (Wildman–Crippen LogP) is 1.95. The number of amides is 1. The number of nitrogens with zero attached hydrogens (tertiary/aromatic N) is 1. The van der Waals surface area contributed by atoms with Gasteiger partial charge in [0.2, 0.25) is 0 Å². The Morgan fingerprint density at radius 3 is 2.60 bits per heavy atom. The minimum absolute atomic E-state index is 0.0129. The fourth-order valence-corrected chi connectivity index (χ4v) is 3.22. The fourth-order valence-electron chi connectivity index (χ4n) is 2.30. The smallest absolute Gasteiger partial charge is 0.387 e. The third-order valence-electron chi connectivity index (χ3n) is 3.29. The highest BCUT2D eigenvalue weighted by Gasteiger charge is 2.14. The van der Waals surface area contributed by atoms with E-state index in [1.165, 1.54) is 23.5 Å². The molecule has 136 valence electrons. The second-order valence-electron chi connectivity index (χ2n) is 6.06. The van der Waals surface area contributed by atoms with Gasteiger partial charge >= 0.3 is 6.61 Å². The molecule has 8 heteroatoms. The number of halogens is 2. The first-order chi connectivity index (χ1) is 11.8. The number of thiazole rings is 1. The van der Waals surface area contributed by atoms with E-state index in [1.807, 2.05) is 26.3 Å². The van der Waals surface area contributed by atoms with E-state index in [0.29, 0.717) is 13.1 Å². The van der Waals surface area contributed by atoms with Crippen LogP contribution in [-0.2, 0) is 11.3 Å². The van der Waals surface area contributed by atoms with Crippen LogP contribution in [0.2, 0.25) is 0 Å². The van der Waals surface area contributed by atoms with Crippen LogP contribution in [0.3, 0.4) is 0 Å². The molecule has 0 saturated heterocycles. The molecule has 2 aromatic rings. The number of carbonyl (C=O) groups excluding carboxylic acids is 1. The van der Waals surface area contributed by atoms with Crippen LogP contribution in [0.25, 0.3) is 11.3 Å². The van der Waals surface area contributed by atoms with Gasteiger partial charge in [0.25, 0.3) is 5.91 Å². The molecule has 2 rings (SSSR count). The van der Waals surface area contributed by atoms with Crippen molar-refractivity contribution in [3.63, 3.8) is 0 Å². The molecule has 0 bridgehead atoms. The van der Waals surface area contributed by atoms with Crippen molar-refractivity contribution in [2.75, 3.05) is 13.6 Å². The van der Waals surface area contributed by atoms with Gasteiger partial charge in [-0.1, -0.05) is 0 Å². The molecule has 0 saturated carbocycles. The second kappa shape index (κ2) is 8.87. The molecule has 1 amide bonds. The number of rotatable bonds is 8. The standard InChI is InChI=1S/C17H21F2N3O2S/c1-11(2)20-15(23)8-22(3)9-16-21-14(10-25-16)12-4-6-13(7-5-12)24-17(18)19/h4-7,10-11,17H,8-9H2,1-3H3,(H,20,23)/p+1. The number of carbonyl (C=O) groups is 1. The van der Waals surface area contributed by atoms with Gasteiger partial charge in [0.1, 0.15) is 17.3 Å². The van der Waals surface area contributed by atoms with Crippen LogP contribution in [0.5, 0.6) is 5.75 Å². The summed E-state index contributed by atoms with van der Waals surface area (Å²) in [5.74, 6) is 0.133. The maximum absolute atomic E-state index is 12.2. The summed E-state index contributed by atoms with van der Waals surface area (Å²) >= 11 is 1.51. The summed E-state index contributed by atoms with van der Waals surface area (Å²) in [6.07, 6.45) is 0. The van der Waals surface area contributed by atoms with Crippen molar-refractivity contribution < 1.29 is 23.2 Å². The topological polar surface area (TPSA) is 55.7 Å². The van der Waals surface area contributed by atoms with E-state index in [1.54, 1.807) is 12.1 Å². The van der Waals surface area contributed by atoms with Crippen molar-refractivity contribution in [1.29, 1.82) is 0 Å². The zero-order valence-electron chi connectivity index (χ0n) is 14.4. The minimum atomic E-state index is -2.83. The summed E-state index contributed by atoms with van der Waals surface area (Å²) in [6.45, 7) is 2.05. The third-order valence-corrected chi connectivity index (χ3v) is 4.14. The molecular weight excluding hydrogens is 348 g/mol. The molecule has 1 unspecified atom stereocenters. The number of nitrogens with one attached hydrogen (secondary N) is 2. The number of benzene rings is 1. The van der Waals surface area contributed by atoms with Gasteiger partial charge in [0.15, 0.2) is 6.54 Å². The minimum Gasteiger partial charge on any atom is -0.435 e. The van der Waals surface area contributed by atoms with E-state index in [0.717, 1.165) is 21.2 Å². The molecule has 0 radical (unpaired) electrons. The summed E-state index contributed by atoms with van der Waals surface area (Å²) in [7, 11) is 1.94. The molecule has 25 heavy (non-hydrogen) atoms. The summed E-state index contributed by atoms with van der Waals surface area (Å²) < 4.78 is 28.7. The highest BCUT2D eigenvalue weighted by molar-refractivity contribution is 7.09. The molecule has 0 fully saturated rings. The molecule has 1 heterocycles. The fraction of sp³-hybridized carbons (Fsp3) is 0.412. The number of quaternary nitrogens is 1. The lowest BCUT2D eigenvalue weighted by Crippen LogP contribution is -3.09. The molecule has 0 aliphatic rings. The molecule has 0 spiro atoms. The predicted molar refractivity (Wildman–Crippen MR) is 92.9 cm³/mol. The van der Waals surface area contributed by atoms with Crippen LogP contribution in [0, 0.1) is 0 Å². The van der Waals surface area contributed by atoms with Gasteiger partial charge in [-0.15, -0.1) is 11.3 Å². The molecular formula is C17H22F2N3O2S+. The van der Waals surface area contributed by atoms with Crippen LogP contribution >= 0.6 is 11.3 Å². The van der Waals surface area contributed by atoms with E-state index in [2.05, 4.69) is 15.0 Å². The third kappa shape index (κ3) is 6.39. The highest BCUT2D eigenvalue weighted by Crippen LogP contribution is 2.24. The lowest BCUT2D eigenvalue weighted by atomic mass is 10.2. The zero-order valence-corrected chi connectivity index (χ0v) is 15.2. The number of alkyl halides is 2. The Morgan fingerprint density at radius 1 is 1.32 bits per heavy atom. The highest BCUT2D eigenvalue weighted by atomic mass is 32.1. The molecule has 0 aliphatic carbocycles. The molecule has 2 N–H and O–H groups in total. The maximum Gasteiger partial charge on any atom is 0.387 e. The van der Waals surface area contributed by atoms with Crippen molar-refractivity contribution in [2.45, 2.75) is 33.0 Å². The van der Waals surface area contributed by atoms with Gasteiger partial charge in [-0.05, 0) is 38.1 Å². The molecule has 1 atom stereocenters. The van der Waals surface area contributed by atoms with E-state index < -0.39 is 6.61 Å². The van der Waals surface area contributed by atoms with Crippen LogP contribution in [0.1, 0.15) is 18.9 Å². The lowest BCUT2D eigenvalue weighted by molar-refractivity contribution is -0.885. The largest absolute Gasteiger partial charge is 0.435 e. The van der Waals surface area contributed by atoms with E-state index in [9.17, 15) is 13.6 Å². The van der Waals surface area contributed by atoms with E-state index >= 15 is 0 Å². The normalized spacial score (nSPS) is 12.4. The van der Waals surface area contributed by atoms with Gasteiger partial charge in [0.05, 0.1) is 12.7 Å². The van der Waals surface area contributed by atoms with Gasteiger partial charge in [-0.3, -0.25) is 4.79 Å². The van der Waals surface area contributed by atoms with Crippen LogP contribution in [0.4, 0.5) is 8.78 Å². The van der Waals surface area contributed by atoms with Gasteiger partial charge in [0, 0.05) is 17.0 Å². The van der Waals surface area contributed by atoms with Crippen LogP contribution in [0.15, 0.2) is 29.6 Å². The Hall–Kier alpha value is -2.06. The number of aromatic nitrogens is 1. The number of likely N-dealkylation sites (N-methyl/N-ethyl adjacent to an activating group) is 1. The van der Waals surface area contributed by atoms with Gasteiger partial charge in [-0.2, -0.15) is 8.78 Å². The molecule has 0 aliphatic heterocycles. The molecule has 1 aromatic heterocycles. The Bertz CT molecular complexity index is 689. The quantitative estimate of drug-likeness (QED) is 0.747. The van der Waals surface area contributed by atoms with Crippen molar-refractivity contribution in [3.05, 3.63) is 34.7 Å². The SMILES string of the molecule is CC(C)NC(=O)C[NH+](C)Cc1nc(-c2ccc(OC(F)F)cc2)cs1. The molecule has 5 nitrogen and oxygen atoms in total. The molecule has 1 aromatic carbocycles. The average Bonchev–Trinajstić information content (AvgIpc) is 2.94. The van der Waals surface area contributed by atoms with E-state index in [-0.39, 0.29) is 17.7 Å². The summed E-state index contributed by atoms with van der Waals surface area (Å²) in [6, 6.07) is 6.51. The van der Waals surface area contributed by atoms with Gasteiger partial charge < -0.3 is 15.0 Å². The van der Waals surface area contributed by atoms with Crippen molar-refractivity contribution >= 4 is 17.2 Å². The second-order valence-corrected chi connectivity index (χ2v) is 7.00. The first-order valence-corrected chi connectivity index (χ1v) is 8.81. The monoisotopic (exact) mass is 370 g/mol. The van der Waals surface area contributed by atoms with Crippen molar-refractivity contribution in [1.82, 2.24) is 10.3 Å². The van der Waals surface area contributed by atoms with Crippen LogP contribution in [-0.4, -0.2) is 37.1 Å². The average molecular weight is 370 g/mol. The first kappa shape index (κ1) is 19.3. The Kier molecular flexibility index (Phi) is 6.83. The van der Waals surface area contributed by atoms with Gasteiger partial charge in [-0.25, -0.2) is 4.98 Å². The van der Waals surface area contributed by atoms with Crippen molar-refractivity contribution in [2.24, 2.45) is 0 Å². The Morgan fingerprint density at radius 2 is 2.00 bits per heavy atom. The summed E-state index contributed by atoms with van der Waals surface area (Å²) in [4.78, 5) is 17.4. The maximum atomic E-state index is 12.2. The first-order valence-electron chi connectivity index (χ1n) is 7.94. The Labute approximate surface area is 149 Å². The zero-order chi connectivity index (χ0) is 18.4. The number of ether oxygens (including phenoxy) is 1. The summed E-state index contributed by atoms with van der Waals surface area (Å²) in [5, 5.41) is 5.70. The number of hydrogen-bond donors (Lipinski definition) is 2. The van der Waals surface area contributed by atoms with Crippen molar-refractivity contribution in [3.8, 4) is 17.0 Å². The van der Waals surface area contributed by atoms with E-state index in [4.69, 9.17) is 0 Å². The van der Waals surface area contributed by atoms with Crippen LogP contribution < -0.4 is 15.0 Å². The Balaban J connectivity index is 1.94.